The van der Waals surface area contributed by atoms with Gasteiger partial charge in [0.1, 0.15) is 12.1 Å². The van der Waals surface area contributed by atoms with E-state index in [4.69, 9.17) is 4.74 Å². The summed E-state index contributed by atoms with van der Waals surface area (Å²) in [7, 11) is 6.73. The molecule has 0 saturated heterocycles. The molecule has 2 atom stereocenters. The number of halogens is 1. The molecule has 2 nitrogen and oxygen atoms in total. The van der Waals surface area contributed by atoms with Crippen molar-refractivity contribution in [3.8, 4) is 0 Å². The van der Waals surface area contributed by atoms with Crippen molar-refractivity contribution in [3.05, 3.63) is 0 Å². The SMILES string of the molecule is CCCCO[C@H]1C[C@@H]1[N+](C)(C)C.[I-]. The molecule has 80 valence electrons. The third-order valence-corrected chi connectivity index (χ3v) is 2.52. The van der Waals surface area contributed by atoms with Crippen molar-refractivity contribution in [2.24, 2.45) is 0 Å². The number of ether oxygens (including phenoxy) is 1. The van der Waals surface area contributed by atoms with Gasteiger partial charge in [-0.15, -0.1) is 0 Å². The maximum atomic E-state index is 5.72. The van der Waals surface area contributed by atoms with Gasteiger partial charge in [0.2, 0.25) is 0 Å². The van der Waals surface area contributed by atoms with Gasteiger partial charge in [0.25, 0.3) is 0 Å². The fourth-order valence-electron chi connectivity index (χ4n) is 1.53. The predicted octanol–water partition coefficient (Wildman–Crippen LogP) is -1.35. The molecule has 0 aromatic carbocycles. The van der Waals surface area contributed by atoms with Gasteiger partial charge in [0.15, 0.2) is 0 Å². The molecule has 0 aliphatic heterocycles. The van der Waals surface area contributed by atoms with Crippen LogP contribution in [-0.2, 0) is 4.74 Å². The summed E-state index contributed by atoms with van der Waals surface area (Å²) >= 11 is 0. The third-order valence-electron chi connectivity index (χ3n) is 2.52. The first-order valence-corrected chi connectivity index (χ1v) is 4.98. The zero-order valence-corrected chi connectivity index (χ0v) is 11.4. The standard InChI is InChI=1S/C10H22NO.HI/c1-5-6-7-12-10-8-9(10)11(2,3)4;/h9-10H,5-8H2,1-4H3;1H/q+1;/p-1/t9-,10-;/m0./s1. The summed E-state index contributed by atoms with van der Waals surface area (Å²) in [6, 6.07) is 0.752. The van der Waals surface area contributed by atoms with Crippen LogP contribution in [-0.4, -0.2) is 44.4 Å². The Hall–Kier alpha value is 0.650. The summed E-state index contributed by atoms with van der Waals surface area (Å²) in [4.78, 5) is 0. The first-order valence-electron chi connectivity index (χ1n) is 4.98. The summed E-state index contributed by atoms with van der Waals surface area (Å²) in [6.45, 7) is 3.16. The molecule has 13 heavy (non-hydrogen) atoms. The molecule has 1 aliphatic carbocycles. The molecule has 1 saturated carbocycles. The molecule has 1 aliphatic rings. The molecular formula is C10H22INO. The summed E-state index contributed by atoms with van der Waals surface area (Å²) in [5.41, 5.74) is 0. The van der Waals surface area contributed by atoms with Crippen molar-refractivity contribution in [3.63, 3.8) is 0 Å². The smallest absolute Gasteiger partial charge is 0.118 e. The molecule has 0 amide bonds. The molecular weight excluding hydrogens is 277 g/mol. The van der Waals surface area contributed by atoms with E-state index in [2.05, 4.69) is 28.1 Å². The highest BCUT2D eigenvalue weighted by atomic mass is 127. The van der Waals surface area contributed by atoms with Crippen molar-refractivity contribution in [1.29, 1.82) is 0 Å². The van der Waals surface area contributed by atoms with Crippen molar-refractivity contribution >= 4 is 0 Å². The summed E-state index contributed by atoms with van der Waals surface area (Å²) in [5, 5.41) is 0. The van der Waals surface area contributed by atoms with Gasteiger partial charge in [-0.1, -0.05) is 13.3 Å². The second kappa shape index (κ2) is 5.51. The predicted molar refractivity (Wildman–Crippen MR) is 51.1 cm³/mol. The fourth-order valence-corrected chi connectivity index (χ4v) is 1.53. The van der Waals surface area contributed by atoms with E-state index in [1.807, 2.05) is 0 Å². The molecule has 1 rings (SSSR count). The lowest BCUT2D eigenvalue weighted by molar-refractivity contribution is -0.883. The van der Waals surface area contributed by atoms with Gasteiger partial charge in [0, 0.05) is 13.0 Å². The second-order valence-electron chi connectivity index (χ2n) is 4.68. The fraction of sp³-hybridized carbons (Fsp3) is 1.00. The molecule has 0 aromatic heterocycles. The lowest BCUT2D eigenvalue weighted by atomic mass is 10.4. The molecule has 0 aromatic rings. The lowest BCUT2D eigenvalue weighted by Crippen LogP contribution is -3.00. The molecule has 0 unspecified atom stereocenters. The van der Waals surface area contributed by atoms with Gasteiger partial charge in [-0.25, -0.2) is 0 Å². The van der Waals surface area contributed by atoms with Crippen LogP contribution < -0.4 is 24.0 Å². The van der Waals surface area contributed by atoms with E-state index in [1.54, 1.807) is 0 Å². The first kappa shape index (κ1) is 13.7. The Morgan fingerprint density at radius 2 is 1.92 bits per heavy atom. The molecule has 0 N–H and O–H groups in total. The normalized spacial score (nSPS) is 26.8. The summed E-state index contributed by atoms with van der Waals surface area (Å²) in [5.74, 6) is 0. The largest absolute Gasteiger partial charge is 1.00 e. The maximum absolute atomic E-state index is 5.72. The Kier molecular flexibility index (Phi) is 5.79. The van der Waals surface area contributed by atoms with Gasteiger partial charge in [-0.3, -0.25) is 0 Å². The maximum Gasteiger partial charge on any atom is 0.118 e. The van der Waals surface area contributed by atoms with Crippen molar-refractivity contribution in [1.82, 2.24) is 0 Å². The number of hydrogen-bond acceptors (Lipinski definition) is 1. The van der Waals surface area contributed by atoms with E-state index in [-0.39, 0.29) is 24.0 Å². The van der Waals surface area contributed by atoms with Crippen LogP contribution in [0.25, 0.3) is 0 Å². The molecule has 0 bridgehead atoms. The number of unbranched alkanes of at least 4 members (excludes halogenated alkanes) is 1. The van der Waals surface area contributed by atoms with Crippen molar-refractivity contribution in [2.75, 3.05) is 27.7 Å². The van der Waals surface area contributed by atoms with Gasteiger partial charge in [0.05, 0.1) is 21.1 Å². The average molecular weight is 299 g/mol. The Morgan fingerprint density at radius 1 is 1.31 bits per heavy atom. The van der Waals surface area contributed by atoms with Crippen LogP contribution in [0.15, 0.2) is 0 Å². The second-order valence-corrected chi connectivity index (χ2v) is 4.68. The Labute approximate surface area is 99.2 Å². The van der Waals surface area contributed by atoms with Gasteiger partial charge < -0.3 is 33.2 Å². The van der Waals surface area contributed by atoms with E-state index >= 15 is 0 Å². The minimum Gasteiger partial charge on any atom is -1.00 e. The number of hydrogen-bond donors (Lipinski definition) is 0. The monoisotopic (exact) mass is 299 g/mol. The Bertz CT molecular complexity index is 144. The van der Waals surface area contributed by atoms with Gasteiger partial charge in [-0.05, 0) is 6.42 Å². The summed E-state index contributed by atoms with van der Waals surface area (Å²) < 4.78 is 6.77. The minimum absolute atomic E-state index is 0. The molecule has 1 fully saturated rings. The summed E-state index contributed by atoms with van der Waals surface area (Å²) in [6.07, 6.45) is 4.26. The zero-order valence-electron chi connectivity index (χ0n) is 9.22. The quantitative estimate of drug-likeness (QED) is 0.347. The zero-order chi connectivity index (χ0) is 9.19. The van der Waals surface area contributed by atoms with Gasteiger partial charge in [-0.2, -0.15) is 0 Å². The molecule has 0 spiro atoms. The van der Waals surface area contributed by atoms with Gasteiger partial charge >= 0.3 is 0 Å². The highest BCUT2D eigenvalue weighted by molar-refractivity contribution is 4.89. The third kappa shape index (κ3) is 4.61. The molecule has 0 radical (unpaired) electrons. The highest BCUT2D eigenvalue weighted by Crippen LogP contribution is 2.33. The van der Waals surface area contributed by atoms with E-state index < -0.39 is 0 Å². The topological polar surface area (TPSA) is 9.23 Å². The minimum atomic E-state index is 0. The van der Waals surface area contributed by atoms with Crippen LogP contribution in [0, 0.1) is 0 Å². The highest BCUT2D eigenvalue weighted by Gasteiger charge is 2.48. The van der Waals surface area contributed by atoms with E-state index in [0.29, 0.717) is 6.10 Å². The number of rotatable bonds is 5. The van der Waals surface area contributed by atoms with Crippen molar-refractivity contribution < 1.29 is 33.2 Å². The molecule has 3 heteroatoms. The van der Waals surface area contributed by atoms with E-state index in [9.17, 15) is 0 Å². The Balaban J connectivity index is 0.00000144. The van der Waals surface area contributed by atoms with E-state index in [1.165, 1.54) is 19.3 Å². The van der Waals surface area contributed by atoms with Crippen LogP contribution in [0.5, 0.6) is 0 Å². The number of likely N-dealkylation sites (N-methyl/N-ethyl adjacent to an activating group) is 1. The Morgan fingerprint density at radius 3 is 2.31 bits per heavy atom. The molecule has 0 heterocycles. The first-order chi connectivity index (χ1) is 5.55. The van der Waals surface area contributed by atoms with E-state index in [0.717, 1.165) is 17.1 Å². The van der Waals surface area contributed by atoms with Crippen molar-refractivity contribution in [2.45, 2.75) is 38.3 Å². The lowest BCUT2D eigenvalue weighted by Gasteiger charge is -2.24. The number of quaternary nitrogens is 1. The van der Waals surface area contributed by atoms with Crippen LogP contribution in [0.1, 0.15) is 26.2 Å². The van der Waals surface area contributed by atoms with Crippen LogP contribution in [0.3, 0.4) is 0 Å². The van der Waals surface area contributed by atoms with Crippen LogP contribution in [0.2, 0.25) is 0 Å². The van der Waals surface area contributed by atoms with Crippen LogP contribution in [0.4, 0.5) is 0 Å². The average Bonchev–Trinajstić information content (AvgIpc) is 2.66. The van der Waals surface area contributed by atoms with Crippen LogP contribution >= 0.6 is 0 Å². The number of nitrogens with zero attached hydrogens (tertiary/aromatic N) is 1.